The van der Waals surface area contributed by atoms with Gasteiger partial charge in [0.05, 0.1) is 23.1 Å². The zero-order valence-corrected chi connectivity index (χ0v) is 15.9. The summed E-state index contributed by atoms with van der Waals surface area (Å²) in [6.45, 7) is 3.93. The smallest absolute Gasteiger partial charge is 0.257 e. The summed E-state index contributed by atoms with van der Waals surface area (Å²) >= 11 is 0. The predicted octanol–water partition coefficient (Wildman–Crippen LogP) is 4.01. The van der Waals surface area contributed by atoms with E-state index in [2.05, 4.69) is 5.32 Å². The van der Waals surface area contributed by atoms with Gasteiger partial charge in [-0.05, 0) is 56.0 Å². The standard InChI is InChI=1S/C23H22N2O3/c1-14-8-7-12-19(15(14)2)24-21(26)18-11-5-6-13-20(18)25-22(27)16-9-3-4-10-17(16)23(25)28/h3-8,11-13,16-17H,9-10H2,1-2H3,(H,24,26)/t16-,17+. The van der Waals surface area contributed by atoms with E-state index < -0.39 is 0 Å². The second-order valence-corrected chi connectivity index (χ2v) is 7.39. The first-order valence-electron chi connectivity index (χ1n) is 9.48. The van der Waals surface area contributed by atoms with E-state index in [9.17, 15) is 14.4 Å². The first kappa shape index (κ1) is 18.2. The summed E-state index contributed by atoms with van der Waals surface area (Å²) in [7, 11) is 0. The van der Waals surface area contributed by atoms with Crippen LogP contribution in [0.25, 0.3) is 0 Å². The summed E-state index contributed by atoms with van der Waals surface area (Å²) in [6.07, 6.45) is 5.05. The number of carbonyl (C=O) groups is 3. The monoisotopic (exact) mass is 374 g/mol. The molecule has 3 amide bonds. The molecule has 1 aliphatic carbocycles. The lowest BCUT2D eigenvalue weighted by atomic mass is 9.85. The molecular weight excluding hydrogens is 352 g/mol. The molecule has 1 saturated heterocycles. The maximum absolute atomic E-state index is 13.0. The average Bonchev–Trinajstić information content (AvgIpc) is 2.96. The van der Waals surface area contributed by atoms with Gasteiger partial charge in [0.2, 0.25) is 11.8 Å². The number of anilines is 2. The minimum atomic E-state index is -0.335. The highest BCUT2D eigenvalue weighted by Crippen LogP contribution is 2.38. The largest absolute Gasteiger partial charge is 0.322 e. The van der Waals surface area contributed by atoms with Crippen LogP contribution in [0.1, 0.15) is 34.3 Å². The fourth-order valence-corrected chi connectivity index (χ4v) is 3.97. The lowest BCUT2D eigenvalue weighted by molar-refractivity contribution is -0.122. The molecule has 0 bridgehead atoms. The SMILES string of the molecule is Cc1cccc(NC(=O)c2ccccc2N2C(=O)[C@H]3CC=CC[C@H]3C2=O)c1C. The minimum Gasteiger partial charge on any atom is -0.322 e. The Labute approximate surface area is 164 Å². The quantitative estimate of drug-likeness (QED) is 0.652. The summed E-state index contributed by atoms with van der Waals surface area (Å²) in [6, 6.07) is 12.5. The van der Waals surface area contributed by atoms with E-state index in [-0.39, 0.29) is 29.6 Å². The third-order valence-electron chi connectivity index (χ3n) is 5.75. The van der Waals surface area contributed by atoms with Gasteiger partial charge in [-0.25, -0.2) is 4.90 Å². The number of rotatable bonds is 3. The van der Waals surface area contributed by atoms with Crippen LogP contribution >= 0.6 is 0 Å². The number of fused-ring (bicyclic) bond motifs is 1. The van der Waals surface area contributed by atoms with Gasteiger partial charge in [-0.1, -0.05) is 36.4 Å². The van der Waals surface area contributed by atoms with Crippen molar-refractivity contribution in [3.63, 3.8) is 0 Å². The van der Waals surface area contributed by atoms with Gasteiger partial charge in [0, 0.05) is 5.69 Å². The van der Waals surface area contributed by atoms with Crippen molar-refractivity contribution >= 4 is 29.1 Å². The Balaban J connectivity index is 1.68. The van der Waals surface area contributed by atoms with Crippen LogP contribution in [-0.2, 0) is 9.59 Å². The van der Waals surface area contributed by atoms with Gasteiger partial charge in [0.1, 0.15) is 0 Å². The number of aryl methyl sites for hydroxylation is 1. The van der Waals surface area contributed by atoms with Crippen molar-refractivity contribution in [1.82, 2.24) is 0 Å². The molecule has 1 fully saturated rings. The highest BCUT2D eigenvalue weighted by atomic mass is 16.2. The second-order valence-electron chi connectivity index (χ2n) is 7.39. The normalized spacial score (nSPS) is 21.0. The number of carbonyl (C=O) groups excluding carboxylic acids is 3. The molecule has 1 heterocycles. The van der Waals surface area contributed by atoms with Crippen LogP contribution in [0.5, 0.6) is 0 Å². The zero-order valence-electron chi connectivity index (χ0n) is 15.9. The second kappa shape index (κ2) is 7.08. The van der Waals surface area contributed by atoms with Crippen molar-refractivity contribution in [2.45, 2.75) is 26.7 Å². The zero-order chi connectivity index (χ0) is 19.8. The van der Waals surface area contributed by atoms with Gasteiger partial charge in [-0.2, -0.15) is 0 Å². The molecule has 0 aromatic heterocycles. The van der Waals surface area contributed by atoms with Crippen LogP contribution < -0.4 is 10.2 Å². The van der Waals surface area contributed by atoms with Crippen molar-refractivity contribution in [1.29, 1.82) is 0 Å². The summed E-state index contributed by atoms with van der Waals surface area (Å²) in [5.41, 5.74) is 3.45. The molecule has 2 aliphatic rings. The van der Waals surface area contributed by atoms with Gasteiger partial charge >= 0.3 is 0 Å². The van der Waals surface area contributed by atoms with Crippen LogP contribution in [-0.4, -0.2) is 17.7 Å². The van der Waals surface area contributed by atoms with Crippen LogP contribution in [0, 0.1) is 25.7 Å². The number of benzene rings is 2. The summed E-state index contributed by atoms with van der Waals surface area (Å²) in [5.74, 6) is -1.42. The van der Waals surface area contributed by atoms with Gasteiger partial charge in [0.25, 0.3) is 5.91 Å². The number of nitrogens with zero attached hydrogens (tertiary/aromatic N) is 1. The lowest BCUT2D eigenvalue weighted by Crippen LogP contribution is -2.33. The van der Waals surface area contributed by atoms with Gasteiger partial charge < -0.3 is 5.32 Å². The van der Waals surface area contributed by atoms with Crippen molar-refractivity contribution in [3.8, 4) is 0 Å². The Bertz CT molecular complexity index is 983. The summed E-state index contributed by atoms with van der Waals surface area (Å²) in [5, 5.41) is 2.92. The number of imide groups is 1. The molecule has 5 heteroatoms. The minimum absolute atomic E-state index is 0.216. The molecule has 2 aromatic carbocycles. The molecule has 1 N–H and O–H groups in total. The third kappa shape index (κ3) is 2.93. The first-order valence-corrected chi connectivity index (χ1v) is 9.48. The van der Waals surface area contributed by atoms with Crippen LogP contribution in [0.4, 0.5) is 11.4 Å². The van der Waals surface area contributed by atoms with E-state index in [1.54, 1.807) is 24.3 Å². The number of para-hydroxylation sites is 1. The number of nitrogens with one attached hydrogen (secondary N) is 1. The van der Waals surface area contributed by atoms with Crippen LogP contribution in [0.15, 0.2) is 54.6 Å². The first-order chi connectivity index (χ1) is 13.5. The highest BCUT2D eigenvalue weighted by molar-refractivity contribution is 6.25. The number of allylic oxidation sites excluding steroid dienone is 2. The molecule has 4 rings (SSSR count). The van der Waals surface area contributed by atoms with E-state index in [0.29, 0.717) is 24.1 Å². The van der Waals surface area contributed by atoms with E-state index >= 15 is 0 Å². The molecule has 5 nitrogen and oxygen atoms in total. The fourth-order valence-electron chi connectivity index (χ4n) is 3.97. The molecule has 0 spiro atoms. The number of amides is 3. The molecule has 0 radical (unpaired) electrons. The van der Waals surface area contributed by atoms with Crippen LogP contribution in [0.3, 0.4) is 0 Å². The summed E-state index contributed by atoms with van der Waals surface area (Å²) < 4.78 is 0. The van der Waals surface area contributed by atoms with Gasteiger partial charge in [0.15, 0.2) is 0 Å². The van der Waals surface area contributed by atoms with Crippen molar-refractivity contribution < 1.29 is 14.4 Å². The molecule has 2 atom stereocenters. The maximum atomic E-state index is 13.0. The van der Waals surface area contributed by atoms with Crippen molar-refractivity contribution in [3.05, 3.63) is 71.3 Å². The predicted molar refractivity (Wildman–Crippen MR) is 108 cm³/mol. The third-order valence-corrected chi connectivity index (χ3v) is 5.75. The Hall–Kier alpha value is -3.21. The molecule has 28 heavy (non-hydrogen) atoms. The van der Waals surface area contributed by atoms with Crippen molar-refractivity contribution in [2.24, 2.45) is 11.8 Å². The Kier molecular flexibility index (Phi) is 4.59. The van der Waals surface area contributed by atoms with E-state index in [1.165, 1.54) is 4.90 Å². The van der Waals surface area contributed by atoms with Crippen LogP contribution in [0.2, 0.25) is 0 Å². The topological polar surface area (TPSA) is 66.5 Å². The Morgan fingerprint density at radius 3 is 2.25 bits per heavy atom. The molecular formula is C23H22N2O3. The highest BCUT2D eigenvalue weighted by Gasteiger charge is 2.48. The number of hydrogen-bond acceptors (Lipinski definition) is 3. The summed E-state index contributed by atoms with van der Waals surface area (Å²) in [4.78, 5) is 40.1. The fraction of sp³-hybridized carbons (Fsp3) is 0.261. The van der Waals surface area contributed by atoms with Crippen molar-refractivity contribution in [2.75, 3.05) is 10.2 Å². The average molecular weight is 374 g/mol. The Morgan fingerprint density at radius 1 is 0.929 bits per heavy atom. The van der Waals surface area contributed by atoms with E-state index in [4.69, 9.17) is 0 Å². The van der Waals surface area contributed by atoms with E-state index in [0.717, 1.165) is 16.8 Å². The van der Waals surface area contributed by atoms with Gasteiger partial charge in [-0.15, -0.1) is 0 Å². The Morgan fingerprint density at radius 2 is 1.57 bits per heavy atom. The van der Waals surface area contributed by atoms with Gasteiger partial charge in [-0.3, -0.25) is 14.4 Å². The molecule has 142 valence electrons. The molecule has 0 unspecified atom stereocenters. The maximum Gasteiger partial charge on any atom is 0.257 e. The lowest BCUT2D eigenvalue weighted by Gasteiger charge is -2.19. The molecule has 0 saturated carbocycles. The molecule has 1 aliphatic heterocycles. The van der Waals surface area contributed by atoms with E-state index in [1.807, 2.05) is 44.2 Å². The molecule has 2 aromatic rings. The number of hydrogen-bond donors (Lipinski definition) is 1.